The summed E-state index contributed by atoms with van der Waals surface area (Å²) >= 11 is 0. The minimum Gasteiger partial charge on any atom is -0.326 e. The number of rotatable bonds is 1. The van der Waals surface area contributed by atoms with Crippen LogP contribution in [0.2, 0.25) is 0 Å². The van der Waals surface area contributed by atoms with Gasteiger partial charge in [0.25, 0.3) is 0 Å². The maximum Gasteiger partial charge on any atom is 0.0252 e. The molecule has 1 aliphatic rings. The number of nitrogens with two attached hydrogens (primary N) is 1. The lowest BCUT2D eigenvalue weighted by molar-refractivity contribution is 0.853. The first-order chi connectivity index (χ1) is 4.74. The van der Waals surface area contributed by atoms with Crippen LogP contribution >= 0.6 is 0 Å². The van der Waals surface area contributed by atoms with Crippen LogP contribution in [-0.2, 0) is 0 Å². The minimum absolute atomic E-state index is 0.537. The molecule has 0 aromatic rings. The molecule has 0 bridgehead atoms. The first kappa shape index (κ1) is 7.33. The third-order valence-electron chi connectivity index (χ3n) is 1.85. The van der Waals surface area contributed by atoms with Crippen molar-refractivity contribution in [2.45, 2.75) is 13.8 Å². The summed E-state index contributed by atoms with van der Waals surface area (Å²) in [6.07, 6.45) is 4.21. The van der Waals surface area contributed by atoms with Crippen molar-refractivity contribution in [1.29, 1.82) is 0 Å². The van der Waals surface area contributed by atoms with Crippen LogP contribution in [0.4, 0.5) is 0 Å². The topological polar surface area (TPSA) is 26.0 Å². The molecule has 0 aliphatic heterocycles. The highest BCUT2D eigenvalue weighted by Gasteiger charge is 2.02. The standard InChI is InChI=1S/C9H13N/c1-7-3-4-9(6-10)5-8(7)2/h3-4,7H,6,10H2,1-2H3. The molecule has 0 saturated heterocycles. The summed E-state index contributed by atoms with van der Waals surface area (Å²) < 4.78 is 0. The fourth-order valence-electron chi connectivity index (χ4n) is 0.933. The molecule has 1 aliphatic carbocycles. The van der Waals surface area contributed by atoms with Crippen LogP contribution in [0, 0.1) is 5.92 Å². The fraction of sp³-hybridized carbons (Fsp3) is 0.444. The fourth-order valence-corrected chi connectivity index (χ4v) is 0.933. The maximum atomic E-state index is 5.45. The van der Waals surface area contributed by atoms with E-state index in [-0.39, 0.29) is 0 Å². The Morgan fingerprint density at radius 1 is 1.70 bits per heavy atom. The third kappa shape index (κ3) is 1.38. The Labute approximate surface area is 61.9 Å². The van der Waals surface area contributed by atoms with E-state index in [1.54, 1.807) is 0 Å². The summed E-state index contributed by atoms with van der Waals surface area (Å²) in [7, 11) is 0. The highest BCUT2D eigenvalue weighted by atomic mass is 14.5. The summed E-state index contributed by atoms with van der Waals surface area (Å²) in [5.74, 6) is 0.537. The summed E-state index contributed by atoms with van der Waals surface area (Å²) in [6.45, 7) is 4.84. The maximum absolute atomic E-state index is 5.45. The van der Waals surface area contributed by atoms with Gasteiger partial charge in [-0.15, -0.1) is 5.73 Å². The quantitative estimate of drug-likeness (QED) is 0.543. The van der Waals surface area contributed by atoms with Crippen molar-refractivity contribution in [3.8, 4) is 0 Å². The van der Waals surface area contributed by atoms with Gasteiger partial charge in [-0.3, -0.25) is 0 Å². The van der Waals surface area contributed by atoms with E-state index >= 15 is 0 Å². The highest BCUT2D eigenvalue weighted by Crippen LogP contribution is 2.15. The van der Waals surface area contributed by atoms with Crippen molar-refractivity contribution < 1.29 is 0 Å². The molecule has 0 aromatic carbocycles. The highest BCUT2D eigenvalue weighted by molar-refractivity contribution is 5.29. The molecule has 1 atom stereocenters. The second-order valence-corrected chi connectivity index (χ2v) is 2.69. The molecule has 0 saturated carbocycles. The zero-order valence-electron chi connectivity index (χ0n) is 6.52. The van der Waals surface area contributed by atoms with Crippen LogP contribution in [0.15, 0.2) is 29.0 Å². The van der Waals surface area contributed by atoms with Crippen molar-refractivity contribution in [3.05, 3.63) is 29.0 Å². The van der Waals surface area contributed by atoms with Crippen LogP contribution in [0.25, 0.3) is 0 Å². The van der Waals surface area contributed by atoms with Crippen LogP contribution in [0.5, 0.6) is 0 Å². The summed E-state index contributed by atoms with van der Waals surface area (Å²) in [6, 6.07) is 0. The first-order valence-electron chi connectivity index (χ1n) is 3.58. The van der Waals surface area contributed by atoms with Gasteiger partial charge in [0.2, 0.25) is 0 Å². The van der Waals surface area contributed by atoms with E-state index < -0.39 is 0 Å². The predicted octanol–water partition coefficient (Wildman–Crippen LogP) is 1.62. The van der Waals surface area contributed by atoms with Crippen molar-refractivity contribution >= 4 is 0 Å². The molecule has 0 radical (unpaired) electrons. The van der Waals surface area contributed by atoms with Gasteiger partial charge in [-0.1, -0.05) is 19.1 Å². The molecular weight excluding hydrogens is 122 g/mol. The van der Waals surface area contributed by atoms with Gasteiger partial charge < -0.3 is 5.73 Å². The van der Waals surface area contributed by atoms with Gasteiger partial charge >= 0.3 is 0 Å². The minimum atomic E-state index is 0.537. The lowest BCUT2D eigenvalue weighted by atomic mass is 9.97. The van der Waals surface area contributed by atoms with E-state index in [4.69, 9.17) is 5.73 Å². The second kappa shape index (κ2) is 2.87. The van der Waals surface area contributed by atoms with Crippen LogP contribution < -0.4 is 5.73 Å². The van der Waals surface area contributed by atoms with E-state index in [0.29, 0.717) is 12.5 Å². The van der Waals surface area contributed by atoms with Crippen molar-refractivity contribution in [1.82, 2.24) is 0 Å². The Balaban J connectivity index is 2.95. The van der Waals surface area contributed by atoms with Gasteiger partial charge in [-0.2, -0.15) is 0 Å². The van der Waals surface area contributed by atoms with Crippen LogP contribution in [0.1, 0.15) is 13.8 Å². The first-order valence-corrected chi connectivity index (χ1v) is 3.58. The lowest BCUT2D eigenvalue weighted by Gasteiger charge is -2.08. The van der Waals surface area contributed by atoms with E-state index in [0.717, 1.165) is 5.57 Å². The Morgan fingerprint density at radius 3 is 2.90 bits per heavy atom. The molecule has 0 fully saturated rings. The predicted molar refractivity (Wildman–Crippen MR) is 43.6 cm³/mol. The third-order valence-corrected chi connectivity index (χ3v) is 1.85. The molecule has 1 unspecified atom stereocenters. The molecule has 1 heteroatoms. The smallest absolute Gasteiger partial charge is 0.0252 e. The van der Waals surface area contributed by atoms with Crippen LogP contribution in [-0.4, -0.2) is 6.54 Å². The Kier molecular flexibility index (Phi) is 2.10. The van der Waals surface area contributed by atoms with Gasteiger partial charge in [-0.25, -0.2) is 0 Å². The molecule has 0 aromatic heterocycles. The van der Waals surface area contributed by atoms with E-state index in [1.807, 2.05) is 0 Å². The molecule has 0 amide bonds. The molecule has 1 nitrogen and oxygen atoms in total. The summed E-state index contributed by atoms with van der Waals surface area (Å²) in [5, 5.41) is 0. The van der Waals surface area contributed by atoms with Gasteiger partial charge in [0.15, 0.2) is 0 Å². The number of allylic oxidation sites excluding steroid dienone is 1. The number of hydrogen-bond acceptors (Lipinski definition) is 1. The van der Waals surface area contributed by atoms with Crippen molar-refractivity contribution in [2.75, 3.05) is 6.54 Å². The molecular formula is C9H13N. The zero-order valence-corrected chi connectivity index (χ0v) is 6.52. The molecule has 10 heavy (non-hydrogen) atoms. The van der Waals surface area contributed by atoms with Crippen LogP contribution in [0.3, 0.4) is 0 Å². The Hall–Kier alpha value is -0.780. The molecule has 0 heterocycles. The average Bonchev–Trinajstić information content (AvgIpc) is 1.95. The monoisotopic (exact) mass is 135 g/mol. The lowest BCUT2D eigenvalue weighted by Crippen LogP contribution is -2.04. The number of hydrogen-bond donors (Lipinski definition) is 1. The van der Waals surface area contributed by atoms with Crippen molar-refractivity contribution in [3.63, 3.8) is 0 Å². The summed E-state index contributed by atoms with van der Waals surface area (Å²) in [4.78, 5) is 0. The molecule has 2 N–H and O–H groups in total. The SMILES string of the molecule is CC1=C=C(CN)C=CC1C. The Bertz CT molecular complexity index is 217. The Morgan fingerprint density at radius 2 is 2.40 bits per heavy atom. The normalized spacial score (nSPS) is 24.1. The van der Waals surface area contributed by atoms with Gasteiger partial charge in [0, 0.05) is 18.0 Å². The van der Waals surface area contributed by atoms with E-state index in [2.05, 4.69) is 31.7 Å². The van der Waals surface area contributed by atoms with Gasteiger partial charge in [-0.05, 0) is 12.5 Å². The molecule has 1 rings (SSSR count). The van der Waals surface area contributed by atoms with E-state index in [1.165, 1.54) is 5.57 Å². The van der Waals surface area contributed by atoms with Crippen molar-refractivity contribution in [2.24, 2.45) is 11.7 Å². The molecule has 54 valence electrons. The average molecular weight is 135 g/mol. The molecule has 0 spiro atoms. The van der Waals surface area contributed by atoms with Gasteiger partial charge in [0.05, 0.1) is 0 Å². The van der Waals surface area contributed by atoms with Gasteiger partial charge in [0.1, 0.15) is 0 Å². The van der Waals surface area contributed by atoms with E-state index in [9.17, 15) is 0 Å². The second-order valence-electron chi connectivity index (χ2n) is 2.69. The summed E-state index contributed by atoms with van der Waals surface area (Å²) in [5.41, 5.74) is 11.1. The largest absolute Gasteiger partial charge is 0.326 e. The zero-order chi connectivity index (χ0) is 7.56.